The van der Waals surface area contributed by atoms with Crippen LogP contribution in [-0.4, -0.2) is 14.5 Å². The highest BCUT2D eigenvalue weighted by Crippen LogP contribution is 2.45. The molecule has 0 radical (unpaired) electrons. The quantitative estimate of drug-likeness (QED) is 0.479. The van der Waals surface area contributed by atoms with E-state index in [-0.39, 0.29) is 0 Å². The third-order valence-corrected chi connectivity index (χ3v) is 4.67. The Balaban J connectivity index is 1.77. The largest absolute Gasteiger partial charge is 0.327 e. The third kappa shape index (κ3) is 1.78. The van der Waals surface area contributed by atoms with Crippen molar-refractivity contribution in [2.75, 3.05) is 0 Å². The lowest BCUT2D eigenvalue weighted by Crippen LogP contribution is -2.02. The number of benzene rings is 2. The molecule has 0 amide bonds. The summed E-state index contributed by atoms with van der Waals surface area (Å²) in [5.41, 5.74) is 8.28. The topological polar surface area (TPSA) is 30.7 Å². The van der Waals surface area contributed by atoms with Gasteiger partial charge in [-0.3, -0.25) is 4.98 Å². The zero-order chi connectivity index (χ0) is 16.1. The maximum absolute atomic E-state index is 5.00. The second kappa shape index (κ2) is 4.90. The van der Waals surface area contributed by atoms with Gasteiger partial charge in [-0.25, -0.2) is 4.98 Å². The number of rotatable bonds is 3. The SMILES string of the molecule is Cn1c(-c2cc3ccc2-3)nc(-c2ccccc2)c1-c1ccncc1. The lowest BCUT2D eigenvalue weighted by atomic mass is 9.86. The zero-order valence-electron chi connectivity index (χ0n) is 13.3. The van der Waals surface area contributed by atoms with Gasteiger partial charge in [0, 0.05) is 36.1 Å². The fraction of sp³-hybridized carbons (Fsp3) is 0.0476. The van der Waals surface area contributed by atoms with E-state index in [1.54, 1.807) is 0 Å². The number of hydrogen-bond acceptors (Lipinski definition) is 2. The Morgan fingerprint density at radius 1 is 0.750 bits per heavy atom. The summed E-state index contributed by atoms with van der Waals surface area (Å²) in [7, 11) is 2.09. The first-order valence-corrected chi connectivity index (χ1v) is 8.00. The van der Waals surface area contributed by atoms with Crippen molar-refractivity contribution < 1.29 is 0 Å². The van der Waals surface area contributed by atoms with Crippen molar-refractivity contribution in [2.45, 2.75) is 0 Å². The average molecular weight is 309 g/mol. The van der Waals surface area contributed by atoms with Gasteiger partial charge >= 0.3 is 0 Å². The molecule has 0 atom stereocenters. The van der Waals surface area contributed by atoms with Crippen LogP contribution in [-0.2, 0) is 7.05 Å². The highest BCUT2D eigenvalue weighted by Gasteiger charge is 2.25. The molecule has 3 heteroatoms. The predicted octanol–water partition coefficient (Wildman–Crippen LogP) is 4.80. The molecule has 2 heterocycles. The molecule has 0 N–H and O–H groups in total. The van der Waals surface area contributed by atoms with Gasteiger partial charge < -0.3 is 4.57 Å². The summed E-state index contributed by atoms with van der Waals surface area (Å²) in [4.78, 5) is 9.15. The molecule has 0 aliphatic heterocycles. The average Bonchev–Trinajstić information content (AvgIpc) is 2.96. The number of imidazole rings is 1. The van der Waals surface area contributed by atoms with Crippen molar-refractivity contribution in [3.05, 3.63) is 73.1 Å². The summed E-state index contributed by atoms with van der Waals surface area (Å²) in [6, 6.07) is 21.0. The van der Waals surface area contributed by atoms with Crippen molar-refractivity contribution in [3.63, 3.8) is 0 Å². The van der Waals surface area contributed by atoms with E-state index in [0.29, 0.717) is 0 Å². The second-order valence-electron chi connectivity index (χ2n) is 6.05. The summed E-state index contributed by atoms with van der Waals surface area (Å²) in [5, 5.41) is 0. The highest BCUT2D eigenvalue weighted by molar-refractivity contribution is 5.95. The van der Waals surface area contributed by atoms with Crippen LogP contribution in [0.5, 0.6) is 0 Å². The van der Waals surface area contributed by atoms with E-state index in [1.807, 2.05) is 30.6 Å². The van der Waals surface area contributed by atoms with Gasteiger partial charge in [0.2, 0.25) is 0 Å². The fourth-order valence-corrected chi connectivity index (χ4v) is 3.35. The monoisotopic (exact) mass is 309 g/mol. The highest BCUT2D eigenvalue weighted by atomic mass is 15.1. The third-order valence-electron chi connectivity index (χ3n) is 4.67. The minimum Gasteiger partial charge on any atom is -0.327 e. The van der Waals surface area contributed by atoms with Crippen LogP contribution in [0.15, 0.2) is 73.1 Å². The first kappa shape index (κ1) is 13.3. The molecule has 0 unspecified atom stereocenters. The Morgan fingerprint density at radius 2 is 1.54 bits per heavy atom. The Morgan fingerprint density at radius 3 is 2.17 bits per heavy atom. The van der Waals surface area contributed by atoms with Crippen LogP contribution in [0.3, 0.4) is 0 Å². The van der Waals surface area contributed by atoms with Crippen LogP contribution in [0.2, 0.25) is 0 Å². The molecule has 114 valence electrons. The maximum atomic E-state index is 5.00. The number of nitrogens with zero attached hydrogens (tertiary/aromatic N) is 3. The van der Waals surface area contributed by atoms with E-state index >= 15 is 0 Å². The van der Waals surface area contributed by atoms with Crippen molar-refractivity contribution in [3.8, 4) is 45.0 Å². The van der Waals surface area contributed by atoms with Gasteiger partial charge in [-0.2, -0.15) is 0 Å². The first-order chi connectivity index (χ1) is 11.8. The van der Waals surface area contributed by atoms with E-state index in [4.69, 9.17) is 4.98 Å². The molecule has 2 aliphatic rings. The molecule has 0 saturated heterocycles. The number of aromatic nitrogens is 3. The Hall–Kier alpha value is -3.20. The van der Waals surface area contributed by atoms with E-state index < -0.39 is 0 Å². The molecular weight excluding hydrogens is 294 g/mol. The Bertz CT molecular complexity index is 1050. The van der Waals surface area contributed by atoms with Crippen LogP contribution in [0.1, 0.15) is 0 Å². The van der Waals surface area contributed by atoms with Crippen LogP contribution in [0.4, 0.5) is 0 Å². The number of pyridine rings is 1. The number of fused-ring (bicyclic) bond motifs is 1. The second-order valence-corrected chi connectivity index (χ2v) is 6.05. The van der Waals surface area contributed by atoms with Crippen LogP contribution in [0, 0.1) is 0 Å². The predicted molar refractivity (Wildman–Crippen MR) is 96.3 cm³/mol. The Labute approximate surface area is 140 Å². The lowest BCUT2D eigenvalue weighted by Gasteiger charge is -2.20. The van der Waals surface area contributed by atoms with Crippen LogP contribution >= 0.6 is 0 Å². The van der Waals surface area contributed by atoms with Crippen molar-refractivity contribution >= 4 is 0 Å². The summed E-state index contributed by atoms with van der Waals surface area (Å²) < 4.78 is 2.19. The molecule has 2 aromatic heterocycles. The molecule has 5 rings (SSSR count). The van der Waals surface area contributed by atoms with Gasteiger partial charge in [-0.1, -0.05) is 42.5 Å². The maximum Gasteiger partial charge on any atom is 0.141 e. The molecule has 3 aromatic rings. The molecule has 1 aromatic carbocycles. The first-order valence-electron chi connectivity index (χ1n) is 8.00. The summed E-state index contributed by atoms with van der Waals surface area (Å²) >= 11 is 0. The lowest BCUT2D eigenvalue weighted by molar-refractivity contribution is 0.931. The fourth-order valence-electron chi connectivity index (χ4n) is 3.35. The molecule has 0 spiro atoms. The molecule has 0 fully saturated rings. The minimum atomic E-state index is 1.01. The smallest absolute Gasteiger partial charge is 0.141 e. The van der Waals surface area contributed by atoms with Gasteiger partial charge in [0.05, 0.1) is 11.4 Å². The van der Waals surface area contributed by atoms with Gasteiger partial charge in [0.1, 0.15) is 5.82 Å². The van der Waals surface area contributed by atoms with E-state index in [2.05, 4.69) is 59.1 Å². The Kier molecular flexibility index (Phi) is 2.71. The molecule has 0 saturated carbocycles. The van der Waals surface area contributed by atoms with Gasteiger partial charge in [-0.15, -0.1) is 0 Å². The van der Waals surface area contributed by atoms with Gasteiger partial charge in [0.15, 0.2) is 0 Å². The van der Waals surface area contributed by atoms with Gasteiger partial charge in [0.25, 0.3) is 0 Å². The van der Waals surface area contributed by atoms with Crippen molar-refractivity contribution in [2.24, 2.45) is 7.05 Å². The summed E-state index contributed by atoms with van der Waals surface area (Å²) in [6.45, 7) is 0. The van der Waals surface area contributed by atoms with E-state index in [9.17, 15) is 0 Å². The van der Waals surface area contributed by atoms with Gasteiger partial charge in [-0.05, 0) is 29.3 Å². The molecule has 0 bridgehead atoms. The van der Waals surface area contributed by atoms with E-state index in [1.165, 1.54) is 16.7 Å². The van der Waals surface area contributed by atoms with Crippen molar-refractivity contribution in [1.82, 2.24) is 14.5 Å². The zero-order valence-corrected chi connectivity index (χ0v) is 13.3. The normalized spacial score (nSPS) is 11.5. The van der Waals surface area contributed by atoms with Crippen LogP contribution < -0.4 is 0 Å². The standard InChI is InChI=1S/C21H15N3/c1-24-20(15-9-11-22-12-10-15)19(14-5-3-2-4-6-14)23-21(24)18-13-16-7-8-17(16)18/h2-13H,1H3. The summed E-state index contributed by atoms with van der Waals surface area (Å²) in [6.07, 6.45) is 3.66. The van der Waals surface area contributed by atoms with Crippen molar-refractivity contribution in [1.29, 1.82) is 0 Å². The molecular formula is C21H15N3. The minimum absolute atomic E-state index is 1.01. The molecule has 3 nitrogen and oxygen atoms in total. The number of hydrogen-bond donors (Lipinski definition) is 0. The summed E-state index contributed by atoms with van der Waals surface area (Å²) in [5.74, 6) is 1.02. The molecule has 24 heavy (non-hydrogen) atoms. The van der Waals surface area contributed by atoms with E-state index in [0.717, 1.165) is 28.3 Å². The molecule has 2 aliphatic carbocycles. The van der Waals surface area contributed by atoms with Crippen LogP contribution in [0.25, 0.3) is 45.0 Å².